The monoisotopic (exact) mass is 212 g/mol. The average molecular weight is 212 g/mol. The van der Waals surface area contributed by atoms with Crippen molar-refractivity contribution >= 4 is 11.8 Å². The van der Waals surface area contributed by atoms with Gasteiger partial charge < -0.3 is 4.98 Å². The quantitative estimate of drug-likeness (QED) is 0.777. The van der Waals surface area contributed by atoms with Crippen LogP contribution in [0.25, 0.3) is 0 Å². The van der Waals surface area contributed by atoms with Gasteiger partial charge in [-0.2, -0.15) is 11.8 Å². The normalized spacial score (nSPS) is 12.0. The van der Waals surface area contributed by atoms with Gasteiger partial charge in [0.2, 0.25) is 0 Å². The SMILES string of the molecule is Cc1c[nH]c(CCSCC(C)(C)C)n1. The largest absolute Gasteiger partial charge is 0.348 e. The number of imidazole rings is 1. The van der Waals surface area contributed by atoms with Gasteiger partial charge in [0.1, 0.15) is 5.82 Å². The van der Waals surface area contributed by atoms with Crippen LogP contribution in [-0.2, 0) is 6.42 Å². The molecule has 0 aromatic carbocycles. The summed E-state index contributed by atoms with van der Waals surface area (Å²) in [7, 11) is 0. The molecule has 0 saturated heterocycles. The van der Waals surface area contributed by atoms with Crippen LogP contribution >= 0.6 is 11.8 Å². The minimum atomic E-state index is 0.434. The Hall–Kier alpha value is -0.440. The molecule has 3 heteroatoms. The van der Waals surface area contributed by atoms with Crippen molar-refractivity contribution in [2.24, 2.45) is 5.41 Å². The molecule has 0 aliphatic rings. The minimum Gasteiger partial charge on any atom is -0.348 e. The number of hydrogen-bond donors (Lipinski definition) is 1. The second-order valence-corrected chi connectivity index (χ2v) is 5.96. The molecule has 1 aromatic heterocycles. The van der Waals surface area contributed by atoms with E-state index in [-0.39, 0.29) is 0 Å². The summed E-state index contributed by atoms with van der Waals surface area (Å²) < 4.78 is 0. The Bertz CT molecular complexity index is 273. The number of rotatable bonds is 4. The maximum atomic E-state index is 4.38. The third-order valence-corrected chi connectivity index (χ3v) is 3.34. The van der Waals surface area contributed by atoms with Crippen LogP contribution in [0.15, 0.2) is 6.20 Å². The Balaban J connectivity index is 2.16. The molecule has 0 amide bonds. The molecule has 0 aliphatic carbocycles. The molecule has 0 radical (unpaired) electrons. The second-order valence-electron chi connectivity index (χ2n) is 4.85. The number of nitrogens with one attached hydrogen (secondary N) is 1. The first-order valence-electron chi connectivity index (χ1n) is 5.06. The Labute approximate surface area is 90.9 Å². The van der Waals surface area contributed by atoms with E-state index >= 15 is 0 Å². The summed E-state index contributed by atoms with van der Waals surface area (Å²) >= 11 is 2.00. The summed E-state index contributed by atoms with van der Waals surface area (Å²) in [4.78, 5) is 7.55. The zero-order valence-corrected chi connectivity index (χ0v) is 10.4. The van der Waals surface area contributed by atoms with Gasteiger partial charge >= 0.3 is 0 Å². The first kappa shape index (κ1) is 11.6. The number of nitrogens with zero attached hydrogens (tertiary/aromatic N) is 1. The van der Waals surface area contributed by atoms with Crippen molar-refractivity contribution in [3.8, 4) is 0 Å². The number of H-pyrrole nitrogens is 1. The summed E-state index contributed by atoms with van der Waals surface area (Å²) in [6.07, 6.45) is 3.01. The Morgan fingerprint density at radius 1 is 1.43 bits per heavy atom. The molecule has 1 heterocycles. The van der Waals surface area contributed by atoms with Crippen LogP contribution in [0.5, 0.6) is 0 Å². The number of aromatic nitrogens is 2. The van der Waals surface area contributed by atoms with Crippen LogP contribution in [0.1, 0.15) is 32.3 Å². The van der Waals surface area contributed by atoms with Gasteiger partial charge in [0, 0.05) is 18.4 Å². The molecule has 1 rings (SSSR count). The van der Waals surface area contributed by atoms with Gasteiger partial charge in [-0.25, -0.2) is 4.98 Å². The highest BCUT2D eigenvalue weighted by molar-refractivity contribution is 7.99. The van der Waals surface area contributed by atoms with E-state index in [1.807, 2.05) is 24.9 Å². The Morgan fingerprint density at radius 3 is 2.64 bits per heavy atom. The van der Waals surface area contributed by atoms with E-state index in [4.69, 9.17) is 0 Å². The first-order chi connectivity index (χ1) is 6.47. The molecule has 80 valence electrons. The van der Waals surface area contributed by atoms with Gasteiger partial charge in [-0.15, -0.1) is 0 Å². The lowest BCUT2D eigenvalue weighted by atomic mass is 10.0. The van der Waals surface area contributed by atoms with Gasteiger partial charge in [0.15, 0.2) is 0 Å². The summed E-state index contributed by atoms with van der Waals surface area (Å²) in [5.41, 5.74) is 1.52. The Kier molecular flexibility index (Phi) is 4.05. The standard InChI is InChI=1S/C11H20N2S/c1-9-7-12-10(13-9)5-6-14-8-11(2,3)4/h7H,5-6,8H2,1-4H3,(H,12,13). The van der Waals surface area contributed by atoms with Crippen LogP contribution in [0.4, 0.5) is 0 Å². The van der Waals surface area contributed by atoms with E-state index in [2.05, 4.69) is 30.7 Å². The highest BCUT2D eigenvalue weighted by atomic mass is 32.2. The van der Waals surface area contributed by atoms with Crippen molar-refractivity contribution < 1.29 is 0 Å². The van der Waals surface area contributed by atoms with E-state index in [1.165, 1.54) is 5.75 Å². The molecule has 1 aromatic rings. The fourth-order valence-electron chi connectivity index (χ4n) is 1.14. The number of thioether (sulfide) groups is 1. The summed E-state index contributed by atoms with van der Waals surface area (Å²) in [5, 5.41) is 0. The zero-order valence-electron chi connectivity index (χ0n) is 9.55. The van der Waals surface area contributed by atoms with E-state index in [1.54, 1.807) is 0 Å². The van der Waals surface area contributed by atoms with Crippen molar-refractivity contribution in [2.45, 2.75) is 34.1 Å². The van der Waals surface area contributed by atoms with Gasteiger partial charge in [-0.05, 0) is 18.1 Å². The first-order valence-corrected chi connectivity index (χ1v) is 6.21. The predicted octanol–water partition coefficient (Wildman–Crippen LogP) is 3.04. The van der Waals surface area contributed by atoms with Crippen molar-refractivity contribution in [3.05, 3.63) is 17.7 Å². The molecular weight excluding hydrogens is 192 g/mol. The molecule has 14 heavy (non-hydrogen) atoms. The molecule has 0 unspecified atom stereocenters. The zero-order chi connectivity index (χ0) is 10.6. The topological polar surface area (TPSA) is 28.7 Å². The molecule has 0 bridgehead atoms. The lowest BCUT2D eigenvalue weighted by molar-refractivity contribution is 0.480. The number of aryl methyl sites for hydroxylation is 2. The van der Waals surface area contributed by atoms with E-state index in [0.717, 1.165) is 23.7 Å². The molecule has 0 fully saturated rings. The lowest BCUT2D eigenvalue weighted by Gasteiger charge is -2.16. The van der Waals surface area contributed by atoms with Gasteiger partial charge in [0.05, 0.1) is 5.69 Å². The van der Waals surface area contributed by atoms with Gasteiger partial charge in [-0.3, -0.25) is 0 Å². The Morgan fingerprint density at radius 2 is 2.14 bits per heavy atom. The smallest absolute Gasteiger partial charge is 0.107 e. The molecular formula is C11H20N2S. The maximum Gasteiger partial charge on any atom is 0.107 e. The van der Waals surface area contributed by atoms with Crippen LogP contribution in [0.2, 0.25) is 0 Å². The highest BCUT2D eigenvalue weighted by Gasteiger charge is 2.09. The molecule has 0 saturated carbocycles. The number of aromatic amines is 1. The molecule has 1 N–H and O–H groups in total. The van der Waals surface area contributed by atoms with Crippen molar-refractivity contribution in [1.82, 2.24) is 9.97 Å². The average Bonchev–Trinajstić information content (AvgIpc) is 2.44. The van der Waals surface area contributed by atoms with E-state index in [0.29, 0.717) is 5.41 Å². The fourth-order valence-corrected chi connectivity index (χ4v) is 2.23. The van der Waals surface area contributed by atoms with Crippen LogP contribution in [0, 0.1) is 12.3 Å². The van der Waals surface area contributed by atoms with Crippen LogP contribution in [0.3, 0.4) is 0 Å². The van der Waals surface area contributed by atoms with Gasteiger partial charge in [-0.1, -0.05) is 20.8 Å². The van der Waals surface area contributed by atoms with E-state index < -0.39 is 0 Å². The van der Waals surface area contributed by atoms with Crippen LogP contribution < -0.4 is 0 Å². The molecule has 0 spiro atoms. The maximum absolute atomic E-state index is 4.38. The van der Waals surface area contributed by atoms with Crippen LogP contribution in [-0.4, -0.2) is 21.5 Å². The van der Waals surface area contributed by atoms with Crippen molar-refractivity contribution in [2.75, 3.05) is 11.5 Å². The van der Waals surface area contributed by atoms with E-state index in [9.17, 15) is 0 Å². The minimum absolute atomic E-state index is 0.434. The van der Waals surface area contributed by atoms with Gasteiger partial charge in [0.25, 0.3) is 0 Å². The lowest BCUT2D eigenvalue weighted by Crippen LogP contribution is -2.09. The summed E-state index contributed by atoms with van der Waals surface area (Å²) in [6.45, 7) is 8.84. The van der Waals surface area contributed by atoms with Crippen molar-refractivity contribution in [3.63, 3.8) is 0 Å². The second kappa shape index (κ2) is 4.87. The molecule has 0 aliphatic heterocycles. The van der Waals surface area contributed by atoms with Crippen molar-refractivity contribution in [1.29, 1.82) is 0 Å². The third kappa shape index (κ3) is 4.70. The predicted molar refractivity (Wildman–Crippen MR) is 63.8 cm³/mol. The number of hydrogen-bond acceptors (Lipinski definition) is 2. The molecule has 2 nitrogen and oxygen atoms in total. The summed E-state index contributed by atoms with van der Waals surface area (Å²) in [5.74, 6) is 3.49. The summed E-state index contributed by atoms with van der Waals surface area (Å²) in [6, 6.07) is 0. The highest BCUT2D eigenvalue weighted by Crippen LogP contribution is 2.20. The molecule has 0 atom stereocenters. The third-order valence-electron chi connectivity index (χ3n) is 1.78. The fraction of sp³-hybridized carbons (Fsp3) is 0.727.